The molecule has 0 aliphatic carbocycles. The minimum Gasteiger partial charge on any atom is -0.291 e. The lowest BCUT2D eigenvalue weighted by molar-refractivity contribution is 1.06. The summed E-state index contributed by atoms with van der Waals surface area (Å²) in [6, 6.07) is 54.8. The summed E-state index contributed by atoms with van der Waals surface area (Å²) in [5.41, 5.74) is 5.43. The molecular formula is C46H25N3S2. The monoisotopic (exact) mass is 683 g/mol. The van der Waals surface area contributed by atoms with E-state index in [2.05, 4.69) is 156 Å². The SMILES string of the molecule is c1ccc(-c2cc(-n3c4c5sc6ccccc6c5cc5ccc6cc7c8ccccc8sc7c3c6c54)nc(-c3cccc4ccccc34)n2)cc1. The van der Waals surface area contributed by atoms with Crippen molar-refractivity contribution in [3.63, 3.8) is 0 Å². The van der Waals surface area contributed by atoms with Crippen molar-refractivity contribution in [1.29, 1.82) is 0 Å². The molecule has 0 atom stereocenters. The van der Waals surface area contributed by atoms with Crippen LogP contribution in [0.5, 0.6) is 0 Å². The van der Waals surface area contributed by atoms with Crippen molar-refractivity contribution in [3.05, 3.63) is 152 Å². The Morgan fingerprint density at radius 2 is 1.00 bits per heavy atom. The lowest BCUT2D eigenvalue weighted by Crippen LogP contribution is -2.03. The van der Waals surface area contributed by atoms with Crippen LogP contribution in [-0.4, -0.2) is 14.5 Å². The second kappa shape index (κ2) is 10.2. The Kier molecular flexibility index (Phi) is 5.53. The maximum absolute atomic E-state index is 5.56. The molecule has 8 aromatic carbocycles. The summed E-state index contributed by atoms with van der Waals surface area (Å²) >= 11 is 3.76. The summed E-state index contributed by atoms with van der Waals surface area (Å²) in [5, 5.41) is 12.6. The topological polar surface area (TPSA) is 30.7 Å². The molecule has 0 unspecified atom stereocenters. The molecule has 51 heavy (non-hydrogen) atoms. The maximum Gasteiger partial charge on any atom is 0.162 e. The molecule has 0 saturated carbocycles. The number of rotatable bonds is 3. The molecule has 0 amide bonds. The fourth-order valence-electron chi connectivity index (χ4n) is 8.31. The number of benzene rings is 8. The summed E-state index contributed by atoms with van der Waals surface area (Å²) in [6.45, 7) is 0. The summed E-state index contributed by atoms with van der Waals surface area (Å²) in [7, 11) is 0. The number of hydrogen-bond donors (Lipinski definition) is 0. The summed E-state index contributed by atoms with van der Waals surface area (Å²) < 4.78 is 7.65. The zero-order valence-corrected chi connectivity index (χ0v) is 28.7. The van der Waals surface area contributed by atoms with Crippen molar-refractivity contribution in [1.82, 2.24) is 14.5 Å². The highest BCUT2D eigenvalue weighted by molar-refractivity contribution is 7.27. The molecule has 0 spiro atoms. The molecule has 5 heteroatoms. The standard InChI is InChI=1S/C46H25N3S2/c1-2-12-27(13-3-1)36-25-39(48-46(47-36)33-18-10-14-26-11-4-5-15-30(26)33)49-42-40-28(23-34-31-16-6-8-19-37(31)50-44(34)42)21-22-29-24-35-32-17-7-9-20-38(32)51-45(35)43(49)41(29)40/h1-25H. The molecule has 0 saturated heterocycles. The van der Waals surface area contributed by atoms with Gasteiger partial charge in [-0.1, -0.05) is 121 Å². The highest BCUT2D eigenvalue weighted by Gasteiger charge is 2.26. The van der Waals surface area contributed by atoms with Crippen LogP contribution in [0, 0.1) is 0 Å². The largest absolute Gasteiger partial charge is 0.291 e. The fraction of sp³-hybridized carbons (Fsp3) is 0. The van der Waals surface area contributed by atoms with Crippen LogP contribution in [0.4, 0.5) is 0 Å². The van der Waals surface area contributed by atoms with E-state index in [1.165, 1.54) is 78.3 Å². The third kappa shape index (κ3) is 3.82. The van der Waals surface area contributed by atoms with Gasteiger partial charge >= 0.3 is 0 Å². The van der Waals surface area contributed by atoms with E-state index in [1.807, 2.05) is 22.7 Å². The predicted octanol–water partition coefficient (Wildman–Crippen LogP) is 13.4. The molecule has 0 aliphatic heterocycles. The first kappa shape index (κ1) is 27.7. The lowest BCUT2D eigenvalue weighted by atomic mass is 9.98. The molecule has 236 valence electrons. The van der Waals surface area contributed by atoms with Crippen LogP contribution in [-0.2, 0) is 0 Å². The zero-order valence-electron chi connectivity index (χ0n) is 27.1. The maximum atomic E-state index is 5.56. The predicted molar refractivity (Wildman–Crippen MR) is 219 cm³/mol. The molecule has 4 heterocycles. The summed E-state index contributed by atoms with van der Waals surface area (Å²) in [4.78, 5) is 10.9. The highest BCUT2D eigenvalue weighted by Crippen LogP contribution is 2.50. The van der Waals surface area contributed by atoms with Gasteiger partial charge in [0.15, 0.2) is 5.82 Å². The van der Waals surface area contributed by atoms with Crippen LogP contribution in [0.1, 0.15) is 0 Å². The first-order valence-corrected chi connectivity index (χ1v) is 18.8. The lowest BCUT2D eigenvalue weighted by Gasteiger charge is -2.14. The van der Waals surface area contributed by atoms with Crippen LogP contribution in [0.2, 0.25) is 0 Å². The second-order valence-electron chi connectivity index (χ2n) is 13.3. The van der Waals surface area contributed by atoms with Gasteiger partial charge in [0, 0.05) is 58.9 Å². The van der Waals surface area contributed by atoms with E-state index in [1.54, 1.807) is 0 Å². The molecule has 0 radical (unpaired) electrons. The van der Waals surface area contributed by atoms with E-state index < -0.39 is 0 Å². The average Bonchev–Trinajstić information content (AvgIpc) is 3.87. The minimum absolute atomic E-state index is 0.721. The van der Waals surface area contributed by atoms with E-state index in [4.69, 9.17) is 9.97 Å². The van der Waals surface area contributed by atoms with Crippen LogP contribution < -0.4 is 0 Å². The van der Waals surface area contributed by atoms with E-state index in [-0.39, 0.29) is 0 Å². The second-order valence-corrected chi connectivity index (χ2v) is 15.4. The number of aromatic nitrogens is 3. The smallest absolute Gasteiger partial charge is 0.162 e. The quantitative estimate of drug-likeness (QED) is 0.174. The average molecular weight is 684 g/mol. The molecule has 0 bridgehead atoms. The highest BCUT2D eigenvalue weighted by atomic mass is 32.1. The van der Waals surface area contributed by atoms with Crippen molar-refractivity contribution < 1.29 is 0 Å². The van der Waals surface area contributed by atoms with E-state index in [0.717, 1.165) is 33.8 Å². The normalized spacial score (nSPS) is 12.3. The Labute approximate surface area is 299 Å². The van der Waals surface area contributed by atoms with Gasteiger partial charge in [-0.05, 0) is 45.8 Å². The Hall–Kier alpha value is -6.14. The van der Waals surface area contributed by atoms with Crippen LogP contribution in [0.15, 0.2) is 152 Å². The van der Waals surface area contributed by atoms with Crippen molar-refractivity contribution in [2.75, 3.05) is 0 Å². The number of fused-ring (bicyclic) bond motifs is 9. The van der Waals surface area contributed by atoms with Gasteiger partial charge < -0.3 is 0 Å². The van der Waals surface area contributed by atoms with E-state index >= 15 is 0 Å². The molecule has 0 fully saturated rings. The van der Waals surface area contributed by atoms with Gasteiger partial charge in [0.2, 0.25) is 0 Å². The van der Waals surface area contributed by atoms with Crippen LogP contribution in [0.25, 0.3) is 112 Å². The minimum atomic E-state index is 0.721. The number of nitrogens with zero attached hydrogens (tertiary/aromatic N) is 3. The summed E-state index contributed by atoms with van der Waals surface area (Å²) in [6.07, 6.45) is 0. The number of hydrogen-bond acceptors (Lipinski definition) is 4. The van der Waals surface area contributed by atoms with Crippen molar-refractivity contribution >= 4 is 106 Å². The van der Waals surface area contributed by atoms with Crippen molar-refractivity contribution in [2.24, 2.45) is 0 Å². The van der Waals surface area contributed by atoms with Gasteiger partial charge in [0.25, 0.3) is 0 Å². The van der Waals surface area contributed by atoms with Gasteiger partial charge in [0.1, 0.15) is 5.82 Å². The van der Waals surface area contributed by atoms with Crippen molar-refractivity contribution in [2.45, 2.75) is 0 Å². The van der Waals surface area contributed by atoms with Gasteiger partial charge in [0.05, 0.1) is 26.1 Å². The third-order valence-corrected chi connectivity index (χ3v) is 12.9. The van der Waals surface area contributed by atoms with Gasteiger partial charge in [-0.25, -0.2) is 9.97 Å². The zero-order chi connectivity index (χ0) is 33.2. The first-order valence-electron chi connectivity index (χ1n) is 17.2. The van der Waals surface area contributed by atoms with Crippen molar-refractivity contribution in [3.8, 4) is 28.5 Å². The molecule has 12 rings (SSSR count). The third-order valence-electron chi connectivity index (χ3n) is 10.5. The molecular weight excluding hydrogens is 659 g/mol. The Morgan fingerprint density at radius 1 is 0.431 bits per heavy atom. The molecule has 12 aromatic rings. The Bertz CT molecular complexity index is 3220. The Balaban J connectivity index is 1.32. The van der Waals surface area contributed by atoms with Gasteiger partial charge in [-0.15, -0.1) is 22.7 Å². The van der Waals surface area contributed by atoms with E-state index in [9.17, 15) is 0 Å². The fourth-order valence-corrected chi connectivity index (χ4v) is 10.8. The molecule has 4 aromatic heterocycles. The first-order chi connectivity index (χ1) is 25.3. The number of thiophene rings is 2. The summed E-state index contributed by atoms with van der Waals surface area (Å²) in [5.74, 6) is 1.60. The molecule has 0 aliphatic rings. The Morgan fingerprint density at radius 3 is 1.67 bits per heavy atom. The van der Waals surface area contributed by atoms with Gasteiger partial charge in [-0.3, -0.25) is 4.57 Å². The van der Waals surface area contributed by atoms with Gasteiger partial charge in [-0.2, -0.15) is 0 Å². The van der Waals surface area contributed by atoms with Crippen LogP contribution >= 0.6 is 22.7 Å². The molecule has 3 nitrogen and oxygen atoms in total. The van der Waals surface area contributed by atoms with E-state index in [0.29, 0.717) is 0 Å². The van der Waals surface area contributed by atoms with Crippen LogP contribution in [0.3, 0.4) is 0 Å². The molecule has 0 N–H and O–H groups in total.